The van der Waals surface area contributed by atoms with Crippen molar-refractivity contribution in [2.24, 2.45) is 17.6 Å². The fourth-order valence-electron chi connectivity index (χ4n) is 4.32. The first-order valence-corrected chi connectivity index (χ1v) is 7.90. The third-order valence-electron chi connectivity index (χ3n) is 5.51. The van der Waals surface area contributed by atoms with E-state index in [0.29, 0.717) is 12.1 Å². The predicted octanol–water partition coefficient (Wildman–Crippen LogP) is 0.0464. The second-order valence-corrected chi connectivity index (χ2v) is 6.78. The van der Waals surface area contributed by atoms with Crippen LogP contribution in [0, 0.1) is 11.8 Å². The number of nitrogens with one attached hydrogen (secondary N) is 1. The summed E-state index contributed by atoms with van der Waals surface area (Å²) >= 11 is 0. The van der Waals surface area contributed by atoms with E-state index < -0.39 is 40.3 Å². The molecule has 8 heteroatoms. The molecule has 0 aromatic carbocycles. The summed E-state index contributed by atoms with van der Waals surface area (Å²) in [5.74, 6) is -5.33. The van der Waals surface area contributed by atoms with Crippen LogP contribution in [0.15, 0.2) is 29.2 Å². The highest BCUT2D eigenvalue weighted by molar-refractivity contribution is 6.22. The molecule has 6 N–H and O–H groups in total. The van der Waals surface area contributed by atoms with E-state index in [1.807, 2.05) is 0 Å². The Hall–Kier alpha value is -2.87. The summed E-state index contributed by atoms with van der Waals surface area (Å²) < 4.78 is 0. The van der Waals surface area contributed by atoms with Gasteiger partial charge in [0.15, 0.2) is 11.4 Å². The monoisotopic (exact) mass is 344 g/mol. The summed E-state index contributed by atoms with van der Waals surface area (Å²) in [6.45, 7) is 0. The van der Waals surface area contributed by atoms with Crippen molar-refractivity contribution in [3.8, 4) is 0 Å². The molecule has 0 saturated heterocycles. The molecule has 1 heterocycles. The topological polar surface area (TPSA) is 154 Å². The highest BCUT2D eigenvalue weighted by Crippen LogP contribution is 2.50. The zero-order valence-electron chi connectivity index (χ0n) is 13.1. The summed E-state index contributed by atoms with van der Waals surface area (Å²) in [5, 5.41) is 31.8. The number of carbonyl (C=O) groups is 3. The van der Waals surface area contributed by atoms with Gasteiger partial charge in [-0.3, -0.25) is 14.4 Å². The lowest BCUT2D eigenvalue weighted by atomic mass is 9.59. The number of carbonyl (C=O) groups excluding carboxylic acids is 3. The van der Waals surface area contributed by atoms with Crippen LogP contribution in [0.1, 0.15) is 24.1 Å². The number of primary amides is 1. The predicted molar refractivity (Wildman–Crippen MR) is 84.1 cm³/mol. The second kappa shape index (κ2) is 4.82. The largest absolute Gasteiger partial charge is 0.508 e. The Balaban J connectivity index is 1.92. The highest BCUT2D eigenvalue weighted by Gasteiger charge is 2.60. The van der Waals surface area contributed by atoms with Crippen molar-refractivity contribution >= 4 is 23.2 Å². The summed E-state index contributed by atoms with van der Waals surface area (Å²) in [7, 11) is 0. The molecular formula is C17H16N2O6. The average molecular weight is 344 g/mol. The van der Waals surface area contributed by atoms with Crippen molar-refractivity contribution in [1.82, 2.24) is 4.98 Å². The van der Waals surface area contributed by atoms with Crippen LogP contribution in [0.2, 0.25) is 0 Å². The van der Waals surface area contributed by atoms with Gasteiger partial charge in [0.2, 0.25) is 5.78 Å². The lowest BCUT2D eigenvalue weighted by Crippen LogP contribution is -2.58. The minimum atomic E-state index is -2.43. The molecule has 3 aliphatic carbocycles. The molecular weight excluding hydrogens is 328 g/mol. The van der Waals surface area contributed by atoms with Crippen molar-refractivity contribution in [2.75, 3.05) is 0 Å². The average Bonchev–Trinajstić information content (AvgIpc) is 2.99. The van der Waals surface area contributed by atoms with Crippen LogP contribution >= 0.6 is 0 Å². The molecule has 1 saturated carbocycles. The number of ketones is 2. The normalized spacial score (nSPS) is 31.6. The number of aromatic nitrogens is 1. The first-order valence-electron chi connectivity index (χ1n) is 7.90. The van der Waals surface area contributed by atoms with Gasteiger partial charge in [-0.15, -0.1) is 0 Å². The van der Waals surface area contributed by atoms with Crippen LogP contribution in [0.5, 0.6) is 0 Å². The number of aliphatic hydroxyl groups is 3. The molecule has 1 amide bonds. The number of aliphatic hydroxyl groups excluding tert-OH is 2. The van der Waals surface area contributed by atoms with E-state index in [-0.39, 0.29) is 30.1 Å². The Morgan fingerprint density at radius 1 is 1.28 bits per heavy atom. The molecule has 0 radical (unpaired) electrons. The maximum Gasteiger partial charge on any atom is 0.255 e. The number of Topliss-reactive ketones (excluding diaryl/α,β-unsaturated/α-hetero) is 2. The van der Waals surface area contributed by atoms with Crippen LogP contribution in [0.25, 0.3) is 5.76 Å². The Morgan fingerprint density at radius 3 is 2.68 bits per heavy atom. The minimum Gasteiger partial charge on any atom is -0.508 e. The van der Waals surface area contributed by atoms with Gasteiger partial charge in [-0.05, 0) is 30.4 Å². The molecule has 1 aromatic rings. The molecule has 3 aliphatic rings. The van der Waals surface area contributed by atoms with Crippen molar-refractivity contribution < 1.29 is 29.7 Å². The van der Waals surface area contributed by atoms with Crippen molar-refractivity contribution in [3.05, 3.63) is 40.4 Å². The van der Waals surface area contributed by atoms with Crippen LogP contribution in [0.3, 0.4) is 0 Å². The smallest absolute Gasteiger partial charge is 0.255 e. The van der Waals surface area contributed by atoms with Gasteiger partial charge in [-0.1, -0.05) is 0 Å². The van der Waals surface area contributed by atoms with Gasteiger partial charge in [-0.25, -0.2) is 0 Å². The first kappa shape index (κ1) is 15.6. The lowest BCUT2D eigenvalue weighted by Gasteiger charge is -2.45. The fraction of sp³-hybridized carbons (Fsp3) is 0.353. The molecule has 4 rings (SSSR count). The molecule has 130 valence electrons. The first-order chi connectivity index (χ1) is 11.8. The Labute approximate surface area is 141 Å². The summed E-state index contributed by atoms with van der Waals surface area (Å²) in [4.78, 5) is 39.4. The second-order valence-electron chi connectivity index (χ2n) is 6.78. The maximum atomic E-state index is 13.0. The Kier molecular flexibility index (Phi) is 3.02. The van der Waals surface area contributed by atoms with Gasteiger partial charge >= 0.3 is 0 Å². The van der Waals surface area contributed by atoms with Crippen molar-refractivity contribution in [2.45, 2.75) is 24.9 Å². The third-order valence-corrected chi connectivity index (χ3v) is 5.51. The van der Waals surface area contributed by atoms with E-state index >= 15 is 0 Å². The van der Waals surface area contributed by atoms with E-state index in [4.69, 9.17) is 5.73 Å². The van der Waals surface area contributed by atoms with Crippen LogP contribution < -0.4 is 5.73 Å². The number of aromatic amines is 1. The summed E-state index contributed by atoms with van der Waals surface area (Å²) in [6, 6.07) is 1.79. The number of nitrogens with two attached hydrogens (primary N) is 1. The van der Waals surface area contributed by atoms with Gasteiger partial charge < -0.3 is 26.0 Å². The quantitative estimate of drug-likeness (QED) is 0.453. The van der Waals surface area contributed by atoms with E-state index in [1.54, 1.807) is 12.3 Å². The number of hydrogen-bond donors (Lipinski definition) is 5. The van der Waals surface area contributed by atoms with Gasteiger partial charge in [0.05, 0.1) is 5.69 Å². The van der Waals surface area contributed by atoms with Gasteiger partial charge in [0.25, 0.3) is 5.91 Å². The van der Waals surface area contributed by atoms with Crippen molar-refractivity contribution in [3.63, 3.8) is 0 Å². The van der Waals surface area contributed by atoms with E-state index in [9.17, 15) is 29.7 Å². The van der Waals surface area contributed by atoms with Gasteiger partial charge in [0, 0.05) is 24.1 Å². The fourth-order valence-corrected chi connectivity index (χ4v) is 4.32. The standard InChI is InChI=1S/C17H16N2O6/c18-16(24)11-9(20)5-8-4-7-3-6-1-2-19-12(6)13(21)10(7)14(22)17(8,25)15(11)23/h1-2,7-8,19,21,23,25H,3-5H2,(H2,18,24)/t7?,8-,17-/m0/s1. The van der Waals surface area contributed by atoms with Crippen LogP contribution in [-0.2, 0) is 20.8 Å². The zero-order valence-corrected chi connectivity index (χ0v) is 13.1. The number of amides is 1. The molecule has 25 heavy (non-hydrogen) atoms. The maximum absolute atomic E-state index is 13.0. The summed E-state index contributed by atoms with van der Waals surface area (Å²) in [5.41, 5.74) is 3.17. The van der Waals surface area contributed by atoms with E-state index in [0.717, 1.165) is 5.56 Å². The number of H-pyrrole nitrogens is 1. The van der Waals surface area contributed by atoms with Gasteiger partial charge in [-0.2, -0.15) is 0 Å². The number of fused-ring (bicyclic) bond motifs is 3. The highest BCUT2D eigenvalue weighted by atomic mass is 16.3. The summed E-state index contributed by atoms with van der Waals surface area (Å²) in [6.07, 6.45) is 2.05. The van der Waals surface area contributed by atoms with E-state index in [1.165, 1.54) is 0 Å². The minimum absolute atomic E-state index is 0.00146. The molecule has 0 spiro atoms. The molecule has 8 nitrogen and oxygen atoms in total. The number of hydrogen-bond acceptors (Lipinski definition) is 6. The Morgan fingerprint density at radius 2 is 2.00 bits per heavy atom. The molecule has 1 unspecified atom stereocenters. The van der Waals surface area contributed by atoms with Crippen molar-refractivity contribution in [1.29, 1.82) is 0 Å². The zero-order chi connectivity index (χ0) is 18.1. The third kappa shape index (κ3) is 1.82. The molecule has 1 aromatic heterocycles. The molecule has 1 fully saturated rings. The Bertz CT molecular complexity index is 908. The van der Waals surface area contributed by atoms with Gasteiger partial charge in [0.1, 0.15) is 17.1 Å². The number of rotatable bonds is 1. The molecule has 3 atom stereocenters. The molecule has 0 bridgehead atoms. The van der Waals surface area contributed by atoms with Crippen LogP contribution in [-0.4, -0.2) is 43.4 Å². The molecule has 0 aliphatic heterocycles. The SMILES string of the molecule is NC(=O)C1=C(O)[C@@]2(O)C(=O)C3=C(O)c4[nH]ccc4CC3C[C@H]2CC1=O. The lowest BCUT2D eigenvalue weighted by molar-refractivity contribution is -0.147. The van der Waals surface area contributed by atoms with E-state index in [2.05, 4.69) is 4.98 Å². The van der Waals surface area contributed by atoms with Crippen LogP contribution in [0.4, 0.5) is 0 Å².